The van der Waals surface area contributed by atoms with Crippen LogP contribution in [0.1, 0.15) is 33.6 Å². The summed E-state index contributed by atoms with van der Waals surface area (Å²) in [5.74, 6) is 1.05. The SMILES string of the molecule is CC1CCN(C(C(=O)Nc2ccc(Cl)c(N)c2)C(C)C)CC1. The van der Waals surface area contributed by atoms with E-state index in [1.165, 1.54) is 0 Å². The number of carbonyl (C=O) groups excluding carboxylic acids is 1. The van der Waals surface area contributed by atoms with Gasteiger partial charge in [-0.15, -0.1) is 0 Å². The third kappa shape index (κ3) is 4.14. The number of hydrogen-bond acceptors (Lipinski definition) is 3. The first-order valence-electron chi connectivity index (χ1n) is 7.98. The van der Waals surface area contributed by atoms with Crippen LogP contribution in [0.15, 0.2) is 18.2 Å². The molecule has 122 valence electrons. The average Bonchev–Trinajstić information content (AvgIpc) is 2.45. The minimum absolute atomic E-state index is 0.0336. The molecule has 1 aliphatic heterocycles. The minimum Gasteiger partial charge on any atom is -0.397 e. The van der Waals surface area contributed by atoms with Crippen LogP contribution < -0.4 is 11.1 Å². The predicted octanol–water partition coefficient (Wildman–Crippen LogP) is 3.62. The molecular weight excluding hydrogens is 298 g/mol. The topological polar surface area (TPSA) is 58.4 Å². The van der Waals surface area contributed by atoms with Gasteiger partial charge in [-0.2, -0.15) is 0 Å². The van der Waals surface area contributed by atoms with Crippen molar-refractivity contribution in [3.05, 3.63) is 23.2 Å². The van der Waals surface area contributed by atoms with E-state index in [0.717, 1.165) is 31.8 Å². The highest BCUT2D eigenvalue weighted by Gasteiger charge is 2.31. The Bertz CT molecular complexity index is 525. The summed E-state index contributed by atoms with van der Waals surface area (Å²) in [5, 5.41) is 3.48. The Morgan fingerprint density at radius 1 is 1.36 bits per heavy atom. The van der Waals surface area contributed by atoms with Crippen molar-refractivity contribution < 1.29 is 4.79 Å². The van der Waals surface area contributed by atoms with E-state index in [2.05, 4.69) is 31.0 Å². The zero-order valence-electron chi connectivity index (χ0n) is 13.6. The zero-order chi connectivity index (χ0) is 16.3. The maximum Gasteiger partial charge on any atom is 0.241 e. The van der Waals surface area contributed by atoms with Crippen LogP contribution in [0.5, 0.6) is 0 Å². The number of likely N-dealkylation sites (tertiary alicyclic amines) is 1. The van der Waals surface area contributed by atoms with Gasteiger partial charge in [-0.1, -0.05) is 32.4 Å². The molecule has 1 unspecified atom stereocenters. The number of nitrogens with two attached hydrogens (primary N) is 1. The molecule has 2 rings (SSSR count). The second-order valence-electron chi connectivity index (χ2n) is 6.63. The minimum atomic E-state index is -0.107. The number of halogens is 1. The van der Waals surface area contributed by atoms with Gasteiger partial charge in [-0.3, -0.25) is 9.69 Å². The van der Waals surface area contributed by atoms with Crippen LogP contribution in [0.3, 0.4) is 0 Å². The fourth-order valence-corrected chi connectivity index (χ4v) is 3.15. The van der Waals surface area contributed by atoms with Crippen molar-refractivity contribution in [3.8, 4) is 0 Å². The Kier molecular flexibility index (Phi) is 5.70. The largest absolute Gasteiger partial charge is 0.397 e. The number of carbonyl (C=O) groups is 1. The van der Waals surface area contributed by atoms with E-state index in [0.29, 0.717) is 16.4 Å². The maximum absolute atomic E-state index is 12.7. The van der Waals surface area contributed by atoms with Crippen LogP contribution in [0.2, 0.25) is 5.02 Å². The Labute approximate surface area is 138 Å². The molecule has 1 aliphatic rings. The Morgan fingerprint density at radius 3 is 2.55 bits per heavy atom. The highest BCUT2D eigenvalue weighted by atomic mass is 35.5. The summed E-state index contributed by atoms with van der Waals surface area (Å²) in [6.45, 7) is 8.44. The van der Waals surface area contributed by atoms with E-state index in [1.54, 1.807) is 18.2 Å². The fraction of sp³-hybridized carbons (Fsp3) is 0.588. The van der Waals surface area contributed by atoms with Crippen LogP contribution in [0.25, 0.3) is 0 Å². The van der Waals surface area contributed by atoms with E-state index in [-0.39, 0.29) is 17.9 Å². The molecule has 1 saturated heterocycles. The molecular formula is C17H26ClN3O. The molecule has 4 nitrogen and oxygen atoms in total. The summed E-state index contributed by atoms with van der Waals surface area (Å²) in [4.78, 5) is 15.0. The van der Waals surface area contributed by atoms with Crippen molar-refractivity contribution in [2.75, 3.05) is 24.1 Å². The molecule has 0 bridgehead atoms. The van der Waals surface area contributed by atoms with Gasteiger partial charge in [0.15, 0.2) is 0 Å². The van der Waals surface area contributed by atoms with Gasteiger partial charge in [0, 0.05) is 5.69 Å². The second-order valence-corrected chi connectivity index (χ2v) is 7.04. The highest BCUT2D eigenvalue weighted by Crippen LogP contribution is 2.25. The summed E-state index contributed by atoms with van der Waals surface area (Å²) >= 11 is 5.92. The van der Waals surface area contributed by atoms with Crippen LogP contribution in [0.4, 0.5) is 11.4 Å². The molecule has 1 fully saturated rings. The fourth-order valence-electron chi connectivity index (χ4n) is 3.03. The summed E-state index contributed by atoms with van der Waals surface area (Å²) in [7, 11) is 0. The van der Waals surface area contributed by atoms with Crippen LogP contribution >= 0.6 is 11.6 Å². The van der Waals surface area contributed by atoms with Crippen molar-refractivity contribution in [2.24, 2.45) is 11.8 Å². The van der Waals surface area contributed by atoms with Gasteiger partial charge in [-0.05, 0) is 56.0 Å². The lowest BCUT2D eigenvalue weighted by Crippen LogP contribution is -2.50. The molecule has 0 aliphatic carbocycles. The number of amides is 1. The number of nitrogen functional groups attached to an aromatic ring is 1. The lowest BCUT2D eigenvalue weighted by molar-refractivity contribution is -0.123. The molecule has 3 N–H and O–H groups in total. The van der Waals surface area contributed by atoms with Gasteiger partial charge < -0.3 is 11.1 Å². The molecule has 1 heterocycles. The molecule has 0 spiro atoms. The molecule has 0 radical (unpaired) electrons. The van der Waals surface area contributed by atoms with Gasteiger partial charge in [0.05, 0.1) is 16.8 Å². The van der Waals surface area contributed by atoms with E-state index in [9.17, 15) is 4.79 Å². The molecule has 0 aromatic heterocycles. The lowest BCUT2D eigenvalue weighted by Gasteiger charge is -2.37. The number of benzene rings is 1. The quantitative estimate of drug-likeness (QED) is 0.832. The smallest absolute Gasteiger partial charge is 0.241 e. The molecule has 1 amide bonds. The standard InChI is InChI=1S/C17H26ClN3O/c1-11(2)16(21-8-6-12(3)7-9-21)17(22)20-13-4-5-14(18)15(19)10-13/h4-5,10-12,16H,6-9,19H2,1-3H3,(H,20,22). The van der Waals surface area contributed by atoms with Crippen molar-refractivity contribution in [1.29, 1.82) is 0 Å². The number of nitrogens with zero attached hydrogens (tertiary/aromatic N) is 1. The molecule has 1 aromatic carbocycles. The molecule has 22 heavy (non-hydrogen) atoms. The van der Waals surface area contributed by atoms with Crippen LogP contribution in [0, 0.1) is 11.8 Å². The van der Waals surface area contributed by atoms with Gasteiger partial charge in [0.2, 0.25) is 5.91 Å². The van der Waals surface area contributed by atoms with E-state index in [4.69, 9.17) is 17.3 Å². The predicted molar refractivity (Wildman–Crippen MR) is 93.1 cm³/mol. The zero-order valence-corrected chi connectivity index (χ0v) is 14.4. The molecule has 5 heteroatoms. The number of nitrogens with one attached hydrogen (secondary N) is 1. The van der Waals surface area contributed by atoms with Crippen LogP contribution in [-0.4, -0.2) is 29.9 Å². The third-order valence-electron chi connectivity index (χ3n) is 4.38. The van der Waals surface area contributed by atoms with Crippen molar-refractivity contribution in [3.63, 3.8) is 0 Å². The van der Waals surface area contributed by atoms with Gasteiger partial charge in [0.25, 0.3) is 0 Å². The second kappa shape index (κ2) is 7.34. The first kappa shape index (κ1) is 17.1. The number of rotatable bonds is 4. The van der Waals surface area contributed by atoms with Crippen LogP contribution in [-0.2, 0) is 4.79 Å². The summed E-state index contributed by atoms with van der Waals surface area (Å²) < 4.78 is 0. The average molecular weight is 324 g/mol. The van der Waals surface area contributed by atoms with Gasteiger partial charge >= 0.3 is 0 Å². The van der Waals surface area contributed by atoms with Gasteiger partial charge in [0.1, 0.15) is 0 Å². The van der Waals surface area contributed by atoms with E-state index in [1.807, 2.05) is 0 Å². The first-order chi connectivity index (χ1) is 10.4. The van der Waals surface area contributed by atoms with Crippen molar-refractivity contribution >= 4 is 28.9 Å². The lowest BCUT2D eigenvalue weighted by atomic mass is 9.94. The summed E-state index contributed by atoms with van der Waals surface area (Å²) in [6, 6.07) is 5.09. The number of anilines is 2. The Hall–Kier alpha value is -1.26. The summed E-state index contributed by atoms with van der Waals surface area (Å²) in [6.07, 6.45) is 2.31. The van der Waals surface area contributed by atoms with Crippen molar-refractivity contribution in [1.82, 2.24) is 4.90 Å². The Balaban J connectivity index is 2.07. The number of piperidine rings is 1. The normalized spacial score (nSPS) is 18.4. The van der Waals surface area contributed by atoms with Crippen molar-refractivity contribution in [2.45, 2.75) is 39.7 Å². The molecule has 0 saturated carbocycles. The number of hydrogen-bond donors (Lipinski definition) is 2. The monoisotopic (exact) mass is 323 g/mol. The Morgan fingerprint density at radius 2 is 2.00 bits per heavy atom. The highest BCUT2D eigenvalue weighted by molar-refractivity contribution is 6.33. The molecule has 1 aromatic rings. The molecule has 1 atom stereocenters. The van der Waals surface area contributed by atoms with Gasteiger partial charge in [-0.25, -0.2) is 0 Å². The first-order valence-corrected chi connectivity index (χ1v) is 8.36. The van der Waals surface area contributed by atoms with E-state index < -0.39 is 0 Å². The summed E-state index contributed by atoms with van der Waals surface area (Å²) in [5.41, 5.74) is 6.97. The van der Waals surface area contributed by atoms with E-state index >= 15 is 0 Å². The third-order valence-corrected chi connectivity index (χ3v) is 4.72. The maximum atomic E-state index is 12.7.